The van der Waals surface area contributed by atoms with Crippen molar-refractivity contribution in [3.05, 3.63) is 51.6 Å². The van der Waals surface area contributed by atoms with Crippen molar-refractivity contribution in [3.63, 3.8) is 0 Å². The van der Waals surface area contributed by atoms with Crippen LogP contribution in [-0.4, -0.2) is 49.7 Å². The van der Waals surface area contributed by atoms with Gasteiger partial charge in [0.25, 0.3) is 0 Å². The first kappa shape index (κ1) is 20.6. The number of hydrogen-bond acceptors (Lipinski definition) is 10. The lowest BCUT2D eigenvalue weighted by atomic mass is 10.2. The number of benzene rings is 2. The molecule has 2 aromatic carbocycles. The molecule has 0 aliphatic carbocycles. The summed E-state index contributed by atoms with van der Waals surface area (Å²) >= 11 is 0. The van der Waals surface area contributed by atoms with E-state index >= 15 is 0 Å². The van der Waals surface area contributed by atoms with E-state index in [1.54, 1.807) is 0 Å². The van der Waals surface area contributed by atoms with Gasteiger partial charge in [-0.2, -0.15) is 0 Å². The van der Waals surface area contributed by atoms with Gasteiger partial charge in [0, 0.05) is 6.07 Å². The topological polar surface area (TPSA) is 170 Å². The first-order valence-corrected chi connectivity index (χ1v) is 8.79. The molecule has 0 aliphatic rings. The van der Waals surface area contributed by atoms with E-state index in [2.05, 4.69) is 9.47 Å². The molecule has 0 unspecified atom stereocenters. The largest absolute Gasteiger partial charge is 0.507 e. The summed E-state index contributed by atoms with van der Waals surface area (Å²) in [5.74, 6) is -4.04. The molecule has 0 radical (unpaired) electrons. The standard InChI is InChI=1S/C16H13NO10S/c1-26-15(20)8-3-4-11(18)12(6-8)28(24,25)13-7-9(16(21)27-2)5-10(14(13)19)17(22)23/h3-7,18-19H,1-2H3. The molecule has 0 atom stereocenters. The molecule has 0 saturated carbocycles. The van der Waals surface area contributed by atoms with Crippen LogP contribution in [0.4, 0.5) is 5.69 Å². The molecule has 2 N–H and O–H groups in total. The number of phenols is 2. The maximum absolute atomic E-state index is 12.9. The Morgan fingerprint density at radius 2 is 1.50 bits per heavy atom. The lowest BCUT2D eigenvalue weighted by molar-refractivity contribution is -0.386. The second-order valence-corrected chi connectivity index (χ2v) is 7.15. The van der Waals surface area contributed by atoms with Gasteiger partial charge < -0.3 is 19.7 Å². The van der Waals surface area contributed by atoms with Crippen molar-refractivity contribution in [1.82, 2.24) is 0 Å². The van der Waals surface area contributed by atoms with Crippen LogP contribution in [0, 0.1) is 10.1 Å². The number of esters is 2. The minimum atomic E-state index is -4.80. The predicted molar refractivity (Wildman–Crippen MR) is 91.0 cm³/mol. The summed E-state index contributed by atoms with van der Waals surface area (Å²) in [4.78, 5) is 31.6. The van der Waals surface area contributed by atoms with Crippen LogP contribution in [0.2, 0.25) is 0 Å². The molecule has 0 fully saturated rings. The minimum Gasteiger partial charge on any atom is -0.507 e. The Morgan fingerprint density at radius 1 is 0.964 bits per heavy atom. The summed E-state index contributed by atoms with van der Waals surface area (Å²) in [6.07, 6.45) is 0. The van der Waals surface area contributed by atoms with Crippen LogP contribution in [0.3, 0.4) is 0 Å². The van der Waals surface area contributed by atoms with E-state index in [0.717, 1.165) is 32.4 Å². The quantitative estimate of drug-likeness (QED) is 0.416. The van der Waals surface area contributed by atoms with Crippen LogP contribution >= 0.6 is 0 Å². The smallest absolute Gasteiger partial charge is 0.338 e. The third-order valence-corrected chi connectivity index (χ3v) is 5.43. The van der Waals surface area contributed by atoms with Gasteiger partial charge in [0.05, 0.1) is 30.3 Å². The van der Waals surface area contributed by atoms with Gasteiger partial charge in [0.1, 0.15) is 15.5 Å². The molecule has 0 aliphatic heterocycles. The number of nitro groups is 1. The Kier molecular flexibility index (Phi) is 5.54. The average molecular weight is 411 g/mol. The molecule has 2 rings (SSSR count). The molecule has 0 saturated heterocycles. The van der Waals surface area contributed by atoms with Crippen molar-refractivity contribution < 1.29 is 42.6 Å². The van der Waals surface area contributed by atoms with Crippen molar-refractivity contribution in [1.29, 1.82) is 0 Å². The van der Waals surface area contributed by atoms with Gasteiger partial charge in [-0.25, -0.2) is 18.0 Å². The van der Waals surface area contributed by atoms with Gasteiger partial charge >= 0.3 is 17.6 Å². The zero-order valence-electron chi connectivity index (χ0n) is 14.4. The average Bonchev–Trinajstić information content (AvgIpc) is 2.66. The number of carbonyl (C=O) groups is 2. The highest BCUT2D eigenvalue weighted by Crippen LogP contribution is 2.39. The number of methoxy groups -OCH3 is 2. The van der Waals surface area contributed by atoms with E-state index in [1.807, 2.05) is 0 Å². The first-order valence-electron chi connectivity index (χ1n) is 7.30. The Bertz CT molecular complexity index is 1090. The Morgan fingerprint density at radius 3 is 2.04 bits per heavy atom. The predicted octanol–water partition coefficient (Wildman–Crippen LogP) is 1.41. The SMILES string of the molecule is COC(=O)c1ccc(O)c(S(=O)(=O)c2cc(C(=O)OC)cc([N+](=O)[O-])c2O)c1. The molecule has 0 spiro atoms. The number of aromatic hydroxyl groups is 2. The Hall–Kier alpha value is -3.67. The van der Waals surface area contributed by atoms with E-state index in [4.69, 9.17) is 0 Å². The van der Waals surface area contributed by atoms with Crippen LogP contribution < -0.4 is 0 Å². The third-order valence-electron chi connectivity index (χ3n) is 3.63. The van der Waals surface area contributed by atoms with E-state index in [9.17, 15) is 38.3 Å². The molecule has 0 aromatic heterocycles. The van der Waals surface area contributed by atoms with Gasteiger partial charge in [-0.15, -0.1) is 0 Å². The summed E-state index contributed by atoms with van der Waals surface area (Å²) in [5, 5.41) is 31.2. The summed E-state index contributed by atoms with van der Waals surface area (Å²) < 4.78 is 34.8. The normalized spacial score (nSPS) is 10.9. The van der Waals surface area contributed by atoms with Crippen molar-refractivity contribution in [3.8, 4) is 11.5 Å². The van der Waals surface area contributed by atoms with Crippen molar-refractivity contribution in [2.75, 3.05) is 14.2 Å². The number of phenolic OH excluding ortho intramolecular Hbond substituents is 2. The summed E-state index contributed by atoms with van der Waals surface area (Å²) in [7, 11) is -2.78. The lowest BCUT2D eigenvalue weighted by Gasteiger charge is -2.11. The van der Waals surface area contributed by atoms with Crippen LogP contribution in [0.25, 0.3) is 0 Å². The molecular weight excluding hydrogens is 398 g/mol. The fraction of sp³-hybridized carbons (Fsp3) is 0.125. The van der Waals surface area contributed by atoms with E-state index < -0.39 is 59.2 Å². The second kappa shape index (κ2) is 7.52. The maximum Gasteiger partial charge on any atom is 0.338 e. The number of rotatable bonds is 5. The Labute approximate surface area is 157 Å². The van der Waals surface area contributed by atoms with Gasteiger partial charge in [-0.1, -0.05) is 0 Å². The number of nitro benzene ring substituents is 1. The van der Waals surface area contributed by atoms with Crippen LogP contribution in [0.5, 0.6) is 11.5 Å². The minimum absolute atomic E-state index is 0.239. The molecule has 28 heavy (non-hydrogen) atoms. The van der Waals surface area contributed by atoms with Gasteiger partial charge in [0.2, 0.25) is 15.6 Å². The number of carbonyl (C=O) groups excluding carboxylic acids is 2. The van der Waals surface area contributed by atoms with Crippen molar-refractivity contribution in [2.45, 2.75) is 9.79 Å². The molecule has 11 nitrogen and oxygen atoms in total. The van der Waals surface area contributed by atoms with Crippen molar-refractivity contribution >= 4 is 27.5 Å². The number of sulfone groups is 1. The zero-order chi connectivity index (χ0) is 21.2. The molecule has 148 valence electrons. The molecular formula is C16H13NO10S. The number of hydrogen-bond donors (Lipinski definition) is 2. The molecule has 0 amide bonds. The summed E-state index contributed by atoms with van der Waals surface area (Å²) in [6.45, 7) is 0. The van der Waals surface area contributed by atoms with Crippen LogP contribution in [-0.2, 0) is 19.3 Å². The fourth-order valence-electron chi connectivity index (χ4n) is 2.27. The zero-order valence-corrected chi connectivity index (χ0v) is 15.2. The highest BCUT2D eigenvalue weighted by molar-refractivity contribution is 7.91. The molecule has 12 heteroatoms. The highest BCUT2D eigenvalue weighted by Gasteiger charge is 2.32. The third kappa shape index (κ3) is 3.57. The summed E-state index contributed by atoms with van der Waals surface area (Å²) in [6, 6.07) is 4.06. The van der Waals surface area contributed by atoms with Gasteiger partial charge in [-0.05, 0) is 24.3 Å². The maximum atomic E-state index is 12.9. The highest BCUT2D eigenvalue weighted by atomic mass is 32.2. The second-order valence-electron chi connectivity index (χ2n) is 5.27. The molecule has 0 heterocycles. The number of nitrogens with zero attached hydrogens (tertiary/aromatic N) is 1. The molecule has 0 bridgehead atoms. The monoisotopic (exact) mass is 411 g/mol. The molecule has 2 aromatic rings. The first-order chi connectivity index (χ1) is 13.0. The van der Waals surface area contributed by atoms with Crippen LogP contribution in [0.1, 0.15) is 20.7 Å². The lowest BCUT2D eigenvalue weighted by Crippen LogP contribution is -2.10. The number of ether oxygens (including phenoxy) is 2. The Balaban J connectivity index is 2.83. The van der Waals surface area contributed by atoms with Crippen molar-refractivity contribution in [2.24, 2.45) is 0 Å². The van der Waals surface area contributed by atoms with Crippen LogP contribution in [0.15, 0.2) is 40.1 Å². The summed E-state index contributed by atoms with van der Waals surface area (Å²) in [5.41, 5.74) is -1.82. The van der Waals surface area contributed by atoms with Gasteiger partial charge in [-0.3, -0.25) is 10.1 Å². The van der Waals surface area contributed by atoms with E-state index in [-0.39, 0.29) is 5.56 Å². The van der Waals surface area contributed by atoms with E-state index in [0.29, 0.717) is 12.1 Å². The fourth-order valence-corrected chi connectivity index (χ4v) is 3.77. The van der Waals surface area contributed by atoms with E-state index in [1.165, 1.54) is 0 Å². The van der Waals surface area contributed by atoms with Gasteiger partial charge in [0.15, 0.2) is 0 Å².